The molecule has 0 aliphatic heterocycles. The summed E-state index contributed by atoms with van der Waals surface area (Å²) in [4.78, 5) is 0. The van der Waals surface area contributed by atoms with Crippen molar-refractivity contribution in [3.05, 3.63) is 34.1 Å². The summed E-state index contributed by atoms with van der Waals surface area (Å²) in [5.41, 5.74) is 1.03. The van der Waals surface area contributed by atoms with E-state index < -0.39 is 0 Å². The van der Waals surface area contributed by atoms with E-state index in [0.29, 0.717) is 13.1 Å². The maximum Gasteiger partial charge on any atom is 0.124 e. The largest absolute Gasteiger partial charge is 0.302 e. The van der Waals surface area contributed by atoms with Crippen LogP contribution in [0, 0.1) is 17.7 Å². The molecule has 0 saturated heterocycles. The van der Waals surface area contributed by atoms with Crippen molar-refractivity contribution in [2.75, 3.05) is 6.54 Å². The fourth-order valence-electron chi connectivity index (χ4n) is 1.01. The Hall–Kier alpha value is -0.850. The minimum Gasteiger partial charge on any atom is -0.302 e. The van der Waals surface area contributed by atoms with Gasteiger partial charge in [-0.2, -0.15) is 0 Å². The van der Waals surface area contributed by atoms with E-state index in [1.165, 1.54) is 12.1 Å². The van der Waals surface area contributed by atoms with Crippen molar-refractivity contribution in [2.45, 2.75) is 13.5 Å². The van der Waals surface area contributed by atoms with Crippen LogP contribution in [0.1, 0.15) is 12.5 Å². The molecule has 0 spiro atoms. The Morgan fingerprint density at radius 3 is 2.93 bits per heavy atom. The standard InChI is InChI=1S/C11H11BrFN/c1-2-3-6-14-8-9-4-5-10(13)7-11(9)12/h4-5,7,14H,6,8H2,1H3. The molecule has 1 nitrogen and oxygen atoms in total. The Kier molecular flexibility index (Phi) is 4.64. The van der Waals surface area contributed by atoms with E-state index in [1.807, 2.05) is 0 Å². The summed E-state index contributed by atoms with van der Waals surface area (Å²) in [5.74, 6) is 5.46. The van der Waals surface area contributed by atoms with Gasteiger partial charge in [0.05, 0.1) is 6.54 Å². The van der Waals surface area contributed by atoms with E-state index in [0.717, 1.165) is 10.0 Å². The second-order valence-corrected chi connectivity index (χ2v) is 3.62. The van der Waals surface area contributed by atoms with Crippen LogP contribution in [-0.2, 0) is 6.54 Å². The lowest BCUT2D eigenvalue weighted by Gasteiger charge is -2.04. The van der Waals surface area contributed by atoms with Gasteiger partial charge < -0.3 is 5.32 Å². The lowest BCUT2D eigenvalue weighted by atomic mass is 10.2. The topological polar surface area (TPSA) is 12.0 Å². The van der Waals surface area contributed by atoms with Crippen LogP contribution in [0.3, 0.4) is 0 Å². The highest BCUT2D eigenvalue weighted by Crippen LogP contribution is 2.17. The summed E-state index contributed by atoms with van der Waals surface area (Å²) >= 11 is 3.30. The number of benzene rings is 1. The van der Waals surface area contributed by atoms with Gasteiger partial charge in [-0.25, -0.2) is 4.39 Å². The summed E-state index contributed by atoms with van der Waals surface area (Å²) in [5, 5.41) is 3.14. The number of halogens is 2. The second-order valence-electron chi connectivity index (χ2n) is 2.77. The summed E-state index contributed by atoms with van der Waals surface area (Å²) in [6.07, 6.45) is 0. The number of hydrogen-bond acceptors (Lipinski definition) is 1. The first-order valence-electron chi connectivity index (χ1n) is 4.28. The van der Waals surface area contributed by atoms with Crippen LogP contribution >= 0.6 is 15.9 Å². The molecule has 0 aliphatic rings. The Morgan fingerprint density at radius 2 is 2.29 bits per heavy atom. The quantitative estimate of drug-likeness (QED) is 0.647. The molecule has 1 aromatic carbocycles. The third-order valence-corrected chi connectivity index (χ3v) is 2.46. The maximum atomic E-state index is 12.7. The van der Waals surface area contributed by atoms with Gasteiger partial charge in [0, 0.05) is 11.0 Å². The minimum atomic E-state index is -0.228. The highest BCUT2D eigenvalue weighted by atomic mass is 79.9. The molecule has 3 heteroatoms. The Bertz CT molecular complexity index is 365. The van der Waals surface area contributed by atoms with Gasteiger partial charge in [-0.1, -0.05) is 27.9 Å². The van der Waals surface area contributed by atoms with Gasteiger partial charge in [0.2, 0.25) is 0 Å². The monoisotopic (exact) mass is 255 g/mol. The molecule has 0 bridgehead atoms. The molecule has 0 aromatic heterocycles. The number of rotatable bonds is 3. The van der Waals surface area contributed by atoms with Crippen molar-refractivity contribution in [1.82, 2.24) is 5.32 Å². The van der Waals surface area contributed by atoms with Gasteiger partial charge in [0.15, 0.2) is 0 Å². The zero-order chi connectivity index (χ0) is 10.4. The Balaban J connectivity index is 2.53. The van der Waals surface area contributed by atoms with Gasteiger partial charge in [-0.05, 0) is 24.6 Å². The first-order chi connectivity index (χ1) is 6.74. The van der Waals surface area contributed by atoms with Crippen LogP contribution in [0.25, 0.3) is 0 Å². The Labute approximate surface area is 91.8 Å². The molecule has 1 N–H and O–H groups in total. The summed E-state index contributed by atoms with van der Waals surface area (Å²) < 4.78 is 13.5. The van der Waals surface area contributed by atoms with E-state index in [-0.39, 0.29) is 5.82 Å². The lowest BCUT2D eigenvalue weighted by Crippen LogP contribution is -2.13. The Morgan fingerprint density at radius 1 is 1.50 bits per heavy atom. The molecule has 0 saturated carbocycles. The molecule has 14 heavy (non-hydrogen) atoms. The lowest BCUT2D eigenvalue weighted by molar-refractivity contribution is 0.625. The fourth-order valence-corrected chi connectivity index (χ4v) is 1.50. The van der Waals surface area contributed by atoms with Gasteiger partial charge in [-0.15, -0.1) is 5.92 Å². The molecule has 0 radical (unpaired) electrons. The van der Waals surface area contributed by atoms with Crippen molar-refractivity contribution in [3.8, 4) is 11.8 Å². The molecule has 0 amide bonds. The summed E-state index contributed by atoms with van der Waals surface area (Å²) in [7, 11) is 0. The van der Waals surface area contributed by atoms with Crippen LogP contribution in [-0.4, -0.2) is 6.54 Å². The molecule has 0 fully saturated rings. The van der Waals surface area contributed by atoms with Crippen LogP contribution < -0.4 is 5.32 Å². The van der Waals surface area contributed by atoms with Crippen LogP contribution in [0.4, 0.5) is 4.39 Å². The number of nitrogens with one attached hydrogen (secondary N) is 1. The molecule has 1 aromatic rings. The first kappa shape index (κ1) is 11.2. The van der Waals surface area contributed by atoms with Crippen LogP contribution in [0.15, 0.2) is 22.7 Å². The molecule has 74 valence electrons. The van der Waals surface area contributed by atoms with Crippen molar-refractivity contribution in [2.24, 2.45) is 0 Å². The molecule has 1 rings (SSSR count). The van der Waals surface area contributed by atoms with Gasteiger partial charge in [-0.3, -0.25) is 0 Å². The molecule has 0 aliphatic carbocycles. The average molecular weight is 256 g/mol. The van der Waals surface area contributed by atoms with E-state index in [1.54, 1.807) is 13.0 Å². The van der Waals surface area contributed by atoms with Crippen molar-refractivity contribution in [1.29, 1.82) is 0 Å². The third kappa shape index (κ3) is 3.49. The van der Waals surface area contributed by atoms with E-state index in [2.05, 4.69) is 33.1 Å². The smallest absolute Gasteiger partial charge is 0.124 e. The molecular weight excluding hydrogens is 245 g/mol. The zero-order valence-electron chi connectivity index (χ0n) is 7.90. The predicted octanol–water partition coefficient (Wildman–Crippen LogP) is 2.70. The fraction of sp³-hybridized carbons (Fsp3) is 0.273. The highest BCUT2D eigenvalue weighted by Gasteiger charge is 1.99. The van der Waals surface area contributed by atoms with Crippen molar-refractivity contribution < 1.29 is 4.39 Å². The van der Waals surface area contributed by atoms with Crippen molar-refractivity contribution >= 4 is 15.9 Å². The SMILES string of the molecule is CC#CCNCc1ccc(F)cc1Br. The average Bonchev–Trinajstić information content (AvgIpc) is 2.15. The predicted molar refractivity (Wildman–Crippen MR) is 59.3 cm³/mol. The third-order valence-electron chi connectivity index (χ3n) is 1.72. The molecule has 0 unspecified atom stereocenters. The van der Waals surface area contributed by atoms with Crippen LogP contribution in [0.2, 0.25) is 0 Å². The van der Waals surface area contributed by atoms with E-state index in [4.69, 9.17) is 0 Å². The molecule has 0 heterocycles. The van der Waals surface area contributed by atoms with Crippen LogP contribution in [0.5, 0.6) is 0 Å². The van der Waals surface area contributed by atoms with Gasteiger partial charge in [0.1, 0.15) is 5.82 Å². The molecular formula is C11H11BrFN. The van der Waals surface area contributed by atoms with Gasteiger partial charge in [0.25, 0.3) is 0 Å². The van der Waals surface area contributed by atoms with E-state index in [9.17, 15) is 4.39 Å². The van der Waals surface area contributed by atoms with E-state index >= 15 is 0 Å². The summed E-state index contributed by atoms with van der Waals surface area (Å²) in [6, 6.07) is 4.67. The zero-order valence-corrected chi connectivity index (χ0v) is 9.49. The molecule has 0 atom stereocenters. The summed E-state index contributed by atoms with van der Waals surface area (Å²) in [6.45, 7) is 3.14. The van der Waals surface area contributed by atoms with Crippen molar-refractivity contribution in [3.63, 3.8) is 0 Å². The second kappa shape index (κ2) is 5.79. The minimum absolute atomic E-state index is 0.228. The first-order valence-corrected chi connectivity index (χ1v) is 5.07. The highest BCUT2D eigenvalue weighted by molar-refractivity contribution is 9.10. The van der Waals surface area contributed by atoms with Gasteiger partial charge >= 0.3 is 0 Å². The normalized spacial score (nSPS) is 9.36. The number of hydrogen-bond donors (Lipinski definition) is 1. The maximum absolute atomic E-state index is 12.7.